The highest BCUT2D eigenvalue weighted by atomic mass is 16.5. The Hall–Kier alpha value is -3.18. The molecule has 0 aliphatic rings. The lowest BCUT2D eigenvalue weighted by Gasteiger charge is -2.10. The van der Waals surface area contributed by atoms with Crippen molar-refractivity contribution in [1.82, 2.24) is 29.9 Å². The van der Waals surface area contributed by atoms with Crippen LogP contribution in [0.5, 0.6) is 12.0 Å². The second-order valence-electron chi connectivity index (χ2n) is 5.83. The summed E-state index contributed by atoms with van der Waals surface area (Å²) in [4.78, 5) is 24.5. The van der Waals surface area contributed by atoms with Crippen LogP contribution in [0, 0.1) is 0 Å². The van der Waals surface area contributed by atoms with Gasteiger partial charge in [-0.15, -0.1) is 0 Å². The predicted molar refractivity (Wildman–Crippen MR) is 114 cm³/mol. The molecule has 0 fully saturated rings. The van der Waals surface area contributed by atoms with E-state index >= 15 is 0 Å². The maximum absolute atomic E-state index is 4.98. The molecule has 0 bridgehead atoms. The molecule has 12 nitrogen and oxygen atoms in total. The molecule has 0 aliphatic heterocycles. The van der Waals surface area contributed by atoms with Gasteiger partial charge in [-0.1, -0.05) is 0 Å². The van der Waals surface area contributed by atoms with Gasteiger partial charge in [-0.05, 0) is 34.6 Å². The first-order chi connectivity index (χ1) is 13.9. The summed E-state index contributed by atoms with van der Waals surface area (Å²) in [6.45, 7) is 12.2. The van der Waals surface area contributed by atoms with Crippen LogP contribution in [-0.4, -0.2) is 69.8 Å². The lowest BCUT2D eigenvalue weighted by molar-refractivity contribution is 0.379. The summed E-state index contributed by atoms with van der Waals surface area (Å²) in [7, 11) is 3.06. The van der Waals surface area contributed by atoms with Crippen LogP contribution in [0.3, 0.4) is 0 Å². The first-order valence-corrected chi connectivity index (χ1v) is 9.53. The molecule has 0 atom stereocenters. The Morgan fingerprint density at radius 3 is 1.28 bits per heavy atom. The number of aromatic nitrogens is 6. The maximum atomic E-state index is 4.98. The molecule has 0 unspecified atom stereocenters. The number of ether oxygens (including phenoxy) is 2. The van der Waals surface area contributed by atoms with Crippen molar-refractivity contribution < 1.29 is 9.47 Å². The SMILES string of the molecule is CCNc1nc(NC(C)C)nc(OC)n1.CCNc1nc(NCC)nc(OC)n1. The van der Waals surface area contributed by atoms with E-state index in [0.717, 1.165) is 19.6 Å². The smallest absolute Gasteiger partial charge is 0.322 e. The van der Waals surface area contributed by atoms with E-state index in [1.165, 1.54) is 14.2 Å². The number of hydrogen-bond donors (Lipinski definition) is 4. The van der Waals surface area contributed by atoms with Crippen molar-refractivity contribution in [2.24, 2.45) is 0 Å². The molecular weight excluding hydrogens is 376 g/mol. The van der Waals surface area contributed by atoms with Gasteiger partial charge in [0.05, 0.1) is 14.2 Å². The van der Waals surface area contributed by atoms with Crippen molar-refractivity contribution in [1.29, 1.82) is 0 Å². The first-order valence-electron chi connectivity index (χ1n) is 9.53. The second kappa shape index (κ2) is 13.1. The third-order valence-electron chi connectivity index (χ3n) is 3.02. The predicted octanol–water partition coefficient (Wildman–Crippen LogP) is 1.88. The molecule has 0 radical (unpaired) electrons. The third kappa shape index (κ3) is 9.04. The summed E-state index contributed by atoms with van der Waals surface area (Å²) in [6.07, 6.45) is 0. The molecule has 2 aromatic heterocycles. The number of nitrogens with zero attached hydrogens (tertiary/aromatic N) is 6. The van der Waals surface area contributed by atoms with Crippen LogP contribution in [0.1, 0.15) is 34.6 Å². The average Bonchev–Trinajstić information content (AvgIpc) is 2.68. The molecule has 162 valence electrons. The van der Waals surface area contributed by atoms with E-state index in [9.17, 15) is 0 Å². The Balaban J connectivity index is 0.000000291. The van der Waals surface area contributed by atoms with Crippen LogP contribution >= 0.6 is 0 Å². The summed E-state index contributed by atoms with van der Waals surface area (Å²) in [5.74, 6) is 2.09. The minimum absolute atomic E-state index is 0.270. The molecule has 2 rings (SSSR count). The molecule has 0 spiro atoms. The lowest BCUT2D eigenvalue weighted by atomic mass is 10.4. The van der Waals surface area contributed by atoms with Crippen molar-refractivity contribution in [3.05, 3.63) is 0 Å². The van der Waals surface area contributed by atoms with Crippen LogP contribution < -0.4 is 30.7 Å². The van der Waals surface area contributed by atoms with Crippen molar-refractivity contribution in [3.63, 3.8) is 0 Å². The van der Waals surface area contributed by atoms with E-state index in [1.807, 2.05) is 34.6 Å². The number of rotatable bonds is 10. The fourth-order valence-corrected chi connectivity index (χ4v) is 1.93. The van der Waals surface area contributed by atoms with E-state index < -0.39 is 0 Å². The number of anilines is 4. The molecule has 0 amide bonds. The second-order valence-corrected chi connectivity index (χ2v) is 5.83. The Morgan fingerprint density at radius 1 is 0.621 bits per heavy atom. The topological polar surface area (TPSA) is 144 Å². The Kier molecular flexibility index (Phi) is 10.8. The molecule has 12 heteroatoms. The van der Waals surface area contributed by atoms with Crippen molar-refractivity contribution in [2.45, 2.75) is 40.7 Å². The quantitative estimate of drug-likeness (QED) is 0.455. The number of hydrogen-bond acceptors (Lipinski definition) is 12. The molecule has 0 saturated heterocycles. The van der Waals surface area contributed by atoms with Gasteiger partial charge in [0.25, 0.3) is 0 Å². The molecule has 29 heavy (non-hydrogen) atoms. The minimum atomic E-state index is 0.270. The summed E-state index contributed by atoms with van der Waals surface area (Å²) in [6, 6.07) is 0.891. The fraction of sp³-hybridized carbons (Fsp3) is 0.647. The molecule has 4 N–H and O–H groups in total. The average molecular weight is 409 g/mol. The summed E-state index contributed by atoms with van der Waals surface area (Å²) >= 11 is 0. The molecule has 2 heterocycles. The normalized spacial score (nSPS) is 9.93. The molecule has 2 aromatic rings. The summed E-state index contributed by atoms with van der Waals surface area (Å²) < 4.78 is 9.93. The van der Waals surface area contributed by atoms with E-state index in [4.69, 9.17) is 9.47 Å². The van der Waals surface area contributed by atoms with Crippen molar-refractivity contribution in [3.8, 4) is 12.0 Å². The summed E-state index contributed by atoms with van der Waals surface area (Å²) in [5, 5.41) is 12.1. The molecular formula is C17H32N10O2. The van der Waals surface area contributed by atoms with E-state index in [2.05, 4.69) is 51.2 Å². The van der Waals surface area contributed by atoms with Crippen LogP contribution in [0.25, 0.3) is 0 Å². The Bertz CT molecular complexity index is 705. The highest BCUT2D eigenvalue weighted by Gasteiger charge is 2.06. The van der Waals surface area contributed by atoms with Gasteiger partial charge in [-0.25, -0.2) is 0 Å². The van der Waals surface area contributed by atoms with Gasteiger partial charge < -0.3 is 30.7 Å². The number of nitrogens with one attached hydrogen (secondary N) is 4. The van der Waals surface area contributed by atoms with Crippen molar-refractivity contribution in [2.75, 3.05) is 55.1 Å². The van der Waals surface area contributed by atoms with E-state index in [1.54, 1.807) is 0 Å². The largest absolute Gasteiger partial charge is 0.467 e. The fourth-order valence-electron chi connectivity index (χ4n) is 1.93. The Labute approximate surface area is 171 Å². The van der Waals surface area contributed by atoms with E-state index in [-0.39, 0.29) is 6.04 Å². The molecule has 0 saturated carbocycles. The zero-order valence-corrected chi connectivity index (χ0v) is 18.2. The molecule has 0 aliphatic carbocycles. The highest BCUT2D eigenvalue weighted by molar-refractivity contribution is 5.36. The van der Waals surface area contributed by atoms with Gasteiger partial charge in [-0.3, -0.25) is 0 Å². The van der Waals surface area contributed by atoms with Crippen molar-refractivity contribution >= 4 is 23.8 Å². The zero-order valence-electron chi connectivity index (χ0n) is 18.2. The standard InChI is InChI=1S/C9H17N5O.C8H15N5O/c1-5-10-7-12-8(11-6(2)3)14-9(13-7)15-4;1-4-9-6-11-7(10-5-2)13-8(12-6)14-3/h6H,5H2,1-4H3,(H2,10,11,12,13,14);4-5H2,1-3H3,(H2,9,10,11,12,13). The third-order valence-corrected chi connectivity index (χ3v) is 3.02. The lowest BCUT2D eigenvalue weighted by Crippen LogP contribution is -2.15. The van der Waals surface area contributed by atoms with Crippen LogP contribution in [0.15, 0.2) is 0 Å². The van der Waals surface area contributed by atoms with Gasteiger partial charge in [0, 0.05) is 25.7 Å². The zero-order chi connectivity index (χ0) is 21.6. The van der Waals surface area contributed by atoms with Crippen LogP contribution in [-0.2, 0) is 0 Å². The Morgan fingerprint density at radius 2 is 0.966 bits per heavy atom. The van der Waals surface area contributed by atoms with Gasteiger partial charge in [0.2, 0.25) is 23.8 Å². The van der Waals surface area contributed by atoms with Gasteiger partial charge in [-0.2, -0.15) is 29.9 Å². The minimum Gasteiger partial charge on any atom is -0.467 e. The van der Waals surface area contributed by atoms with Gasteiger partial charge >= 0.3 is 12.0 Å². The van der Waals surface area contributed by atoms with Gasteiger partial charge in [0.1, 0.15) is 0 Å². The monoisotopic (exact) mass is 408 g/mol. The van der Waals surface area contributed by atoms with Crippen LogP contribution in [0.2, 0.25) is 0 Å². The summed E-state index contributed by atoms with van der Waals surface area (Å²) in [5.41, 5.74) is 0. The van der Waals surface area contributed by atoms with E-state index in [0.29, 0.717) is 35.8 Å². The first kappa shape index (κ1) is 23.9. The van der Waals surface area contributed by atoms with Gasteiger partial charge in [0.15, 0.2) is 0 Å². The molecule has 0 aromatic carbocycles. The maximum Gasteiger partial charge on any atom is 0.322 e. The van der Waals surface area contributed by atoms with Crippen LogP contribution in [0.4, 0.5) is 23.8 Å². The number of methoxy groups -OCH3 is 2. The highest BCUT2D eigenvalue weighted by Crippen LogP contribution is 2.11.